The van der Waals surface area contributed by atoms with Crippen LogP contribution in [0.1, 0.15) is 143 Å². The van der Waals surface area contributed by atoms with Crippen molar-refractivity contribution in [2.75, 3.05) is 18.9 Å². The highest BCUT2D eigenvalue weighted by Crippen LogP contribution is 2.37. The highest BCUT2D eigenvalue weighted by molar-refractivity contribution is 6.99. The molecule has 296 valence electrons. The number of rotatable bonds is 26. The molecule has 0 aliphatic carbocycles. The van der Waals surface area contributed by atoms with E-state index in [1.165, 1.54) is 87.4 Å². The van der Waals surface area contributed by atoms with E-state index in [0.29, 0.717) is 31.7 Å². The Morgan fingerprint density at radius 1 is 0.759 bits per heavy atom. The normalized spacial score (nSPS) is 12.7. The standard InChI is InChI=1S/C44H67N5O4Si/c1-5-6-7-8-9-10-11-12-13-14-15-16-17-18-25-30-39(50)52-34-35(33-38-46-40-41(47-38)48-43(45)49-42(40)51)31-32-53-54(44(2,3)4,36-26-21-19-22-27-36)37-28-23-20-24-29-37/h19-24,26-29,35H,5-18,25,30-34H2,1-4H3,(H4,45,46,47,48,49,51). The summed E-state index contributed by atoms with van der Waals surface area (Å²) in [5, 5.41) is 2.28. The maximum atomic E-state index is 13.0. The molecule has 0 amide bonds. The number of unbranched alkanes of at least 4 members (excludes halogenated alkanes) is 14. The number of fused-ring (bicyclic) bond motifs is 1. The van der Waals surface area contributed by atoms with Gasteiger partial charge in [-0.1, -0.05) is 178 Å². The van der Waals surface area contributed by atoms with Crippen molar-refractivity contribution < 1.29 is 14.0 Å². The third-order valence-electron chi connectivity index (χ3n) is 10.6. The fraction of sp³-hybridized carbons (Fsp3) is 0.591. The van der Waals surface area contributed by atoms with Gasteiger partial charge >= 0.3 is 5.97 Å². The Kier molecular flexibility index (Phi) is 18.0. The smallest absolute Gasteiger partial charge is 0.305 e. The summed E-state index contributed by atoms with van der Waals surface area (Å²) in [7, 11) is -2.74. The minimum absolute atomic E-state index is 0.0218. The van der Waals surface area contributed by atoms with Gasteiger partial charge in [-0.15, -0.1) is 0 Å². The van der Waals surface area contributed by atoms with Crippen LogP contribution in [0.5, 0.6) is 0 Å². The SMILES string of the molecule is CCCCCCCCCCCCCCCCCC(=O)OCC(CCO[Si](c1ccccc1)(c1ccccc1)C(C)(C)C)Cc1nc2nc(N)[nH]c(=O)c2[nH]1. The molecule has 1 unspecified atom stereocenters. The van der Waals surface area contributed by atoms with Gasteiger partial charge in [0.1, 0.15) is 5.82 Å². The maximum Gasteiger partial charge on any atom is 0.305 e. The van der Waals surface area contributed by atoms with E-state index in [4.69, 9.17) is 14.9 Å². The van der Waals surface area contributed by atoms with Crippen LogP contribution in [0.3, 0.4) is 0 Å². The monoisotopic (exact) mass is 757 g/mol. The molecule has 2 aromatic heterocycles. The molecule has 0 aliphatic rings. The zero-order valence-corrected chi connectivity index (χ0v) is 34.6. The number of hydrogen-bond donors (Lipinski definition) is 3. The molecule has 0 fully saturated rings. The van der Waals surface area contributed by atoms with Crippen molar-refractivity contribution in [1.29, 1.82) is 0 Å². The molecule has 0 radical (unpaired) electrons. The van der Waals surface area contributed by atoms with E-state index in [-0.39, 0.29) is 46.2 Å². The summed E-state index contributed by atoms with van der Waals surface area (Å²) < 4.78 is 13.1. The zero-order valence-electron chi connectivity index (χ0n) is 33.6. The number of nitrogen functional groups attached to an aromatic ring is 1. The van der Waals surface area contributed by atoms with Crippen LogP contribution < -0.4 is 21.7 Å². The first-order chi connectivity index (χ1) is 26.1. The van der Waals surface area contributed by atoms with Crippen molar-refractivity contribution in [3.05, 3.63) is 76.8 Å². The lowest BCUT2D eigenvalue weighted by Gasteiger charge is -2.43. The van der Waals surface area contributed by atoms with Crippen molar-refractivity contribution in [2.24, 2.45) is 5.92 Å². The van der Waals surface area contributed by atoms with E-state index < -0.39 is 8.32 Å². The first kappa shape index (κ1) is 43.0. The van der Waals surface area contributed by atoms with E-state index in [1.54, 1.807) is 0 Å². The summed E-state index contributed by atoms with van der Waals surface area (Å²) in [5.74, 6) is 0.361. The number of aromatic nitrogens is 4. The Morgan fingerprint density at radius 3 is 1.80 bits per heavy atom. The number of carbonyl (C=O) groups excluding carboxylic acids is 1. The Balaban J connectivity index is 1.30. The maximum absolute atomic E-state index is 13.0. The lowest BCUT2D eigenvalue weighted by molar-refractivity contribution is -0.145. The molecular weight excluding hydrogens is 691 g/mol. The number of imidazole rings is 1. The van der Waals surface area contributed by atoms with Gasteiger partial charge in [-0.25, -0.2) is 4.98 Å². The number of nitrogens with zero attached hydrogens (tertiary/aromatic N) is 2. The second kappa shape index (κ2) is 22.6. The molecule has 0 aliphatic heterocycles. The molecule has 0 bridgehead atoms. The number of esters is 1. The number of benzene rings is 2. The van der Waals surface area contributed by atoms with Crippen LogP contribution in [0.2, 0.25) is 5.04 Å². The van der Waals surface area contributed by atoms with E-state index >= 15 is 0 Å². The molecule has 0 saturated heterocycles. The average Bonchev–Trinajstić information content (AvgIpc) is 3.56. The largest absolute Gasteiger partial charge is 0.465 e. The van der Waals surface area contributed by atoms with Crippen LogP contribution in [0.25, 0.3) is 11.2 Å². The first-order valence-corrected chi connectivity index (χ1v) is 22.7. The Hall–Kier alpha value is -3.76. The Labute approximate surface area is 324 Å². The van der Waals surface area contributed by atoms with Gasteiger partial charge in [-0.2, -0.15) is 4.98 Å². The summed E-state index contributed by atoms with van der Waals surface area (Å²) in [6, 6.07) is 21.2. The third-order valence-corrected chi connectivity index (χ3v) is 15.7. The van der Waals surface area contributed by atoms with Gasteiger partial charge < -0.3 is 19.9 Å². The van der Waals surface area contributed by atoms with Crippen molar-refractivity contribution in [2.45, 2.75) is 148 Å². The number of hydrogen-bond acceptors (Lipinski definition) is 7. The summed E-state index contributed by atoms with van der Waals surface area (Å²) in [6.45, 7) is 9.78. The fourth-order valence-corrected chi connectivity index (χ4v) is 12.2. The highest BCUT2D eigenvalue weighted by atomic mass is 28.4. The molecule has 4 aromatic rings. The third kappa shape index (κ3) is 13.2. The molecule has 4 N–H and O–H groups in total. The van der Waals surface area contributed by atoms with Crippen LogP contribution in [0.4, 0.5) is 5.95 Å². The average molecular weight is 758 g/mol. The van der Waals surface area contributed by atoms with E-state index in [1.807, 2.05) is 12.1 Å². The van der Waals surface area contributed by atoms with Crippen LogP contribution in [0.15, 0.2) is 65.5 Å². The molecule has 0 saturated carbocycles. The molecular formula is C44H67N5O4Si. The summed E-state index contributed by atoms with van der Waals surface area (Å²) in [5.41, 5.74) is 5.98. The summed E-state index contributed by atoms with van der Waals surface area (Å²) in [4.78, 5) is 39.9. The number of H-pyrrole nitrogens is 2. The predicted octanol–water partition coefficient (Wildman–Crippen LogP) is 9.16. The van der Waals surface area contributed by atoms with E-state index in [9.17, 15) is 9.59 Å². The number of nitrogens with one attached hydrogen (secondary N) is 2. The van der Waals surface area contributed by atoms with Crippen LogP contribution in [0, 0.1) is 5.92 Å². The fourth-order valence-electron chi connectivity index (χ4n) is 7.65. The summed E-state index contributed by atoms with van der Waals surface area (Å²) >= 11 is 0. The van der Waals surface area contributed by atoms with Gasteiger partial charge in [0.2, 0.25) is 5.95 Å². The van der Waals surface area contributed by atoms with Gasteiger partial charge in [-0.3, -0.25) is 14.6 Å². The van der Waals surface area contributed by atoms with Gasteiger partial charge in [0.05, 0.1) is 6.61 Å². The lowest BCUT2D eigenvalue weighted by atomic mass is 10.0. The van der Waals surface area contributed by atoms with E-state index in [0.717, 1.165) is 19.3 Å². The minimum atomic E-state index is -2.74. The van der Waals surface area contributed by atoms with Crippen molar-refractivity contribution in [3.63, 3.8) is 0 Å². The minimum Gasteiger partial charge on any atom is -0.465 e. The van der Waals surface area contributed by atoms with Gasteiger partial charge in [0, 0.05) is 25.4 Å². The topological polar surface area (TPSA) is 136 Å². The van der Waals surface area contributed by atoms with Gasteiger partial charge in [0.25, 0.3) is 13.9 Å². The van der Waals surface area contributed by atoms with Crippen LogP contribution >= 0.6 is 0 Å². The first-order valence-electron chi connectivity index (χ1n) is 20.8. The highest BCUT2D eigenvalue weighted by Gasteiger charge is 2.50. The number of anilines is 1. The van der Waals surface area contributed by atoms with Crippen molar-refractivity contribution in [3.8, 4) is 0 Å². The Bertz CT molecular complexity index is 1660. The molecule has 10 heteroatoms. The number of carbonyl (C=O) groups is 1. The second-order valence-electron chi connectivity index (χ2n) is 16.1. The molecule has 0 spiro atoms. The zero-order chi connectivity index (χ0) is 38.7. The molecule has 4 rings (SSSR count). The predicted molar refractivity (Wildman–Crippen MR) is 225 cm³/mol. The lowest BCUT2D eigenvalue weighted by Crippen LogP contribution is -2.66. The summed E-state index contributed by atoms with van der Waals surface area (Å²) in [6.07, 6.45) is 20.8. The van der Waals surface area contributed by atoms with Crippen LogP contribution in [-0.2, 0) is 20.4 Å². The van der Waals surface area contributed by atoms with Crippen molar-refractivity contribution >= 4 is 41.8 Å². The van der Waals surface area contributed by atoms with Crippen molar-refractivity contribution in [1.82, 2.24) is 19.9 Å². The molecule has 1 atom stereocenters. The molecule has 2 aromatic carbocycles. The quantitative estimate of drug-likeness (QED) is 0.0330. The molecule has 9 nitrogen and oxygen atoms in total. The number of aromatic amines is 2. The van der Waals surface area contributed by atoms with Crippen LogP contribution in [-0.4, -0.2) is 47.4 Å². The molecule has 54 heavy (non-hydrogen) atoms. The number of nitrogens with two attached hydrogens (primary N) is 1. The molecule has 2 heterocycles. The Morgan fingerprint density at radius 2 is 1.28 bits per heavy atom. The van der Waals surface area contributed by atoms with Gasteiger partial charge in [0.15, 0.2) is 11.2 Å². The second-order valence-corrected chi connectivity index (χ2v) is 20.4. The number of ether oxygens (including phenoxy) is 1. The van der Waals surface area contributed by atoms with Gasteiger partial charge in [-0.05, 0) is 28.3 Å². The van der Waals surface area contributed by atoms with E-state index in [2.05, 4.69) is 96.2 Å².